The Labute approximate surface area is 384 Å². The van der Waals surface area contributed by atoms with Crippen LogP contribution < -0.4 is 29.1 Å². The van der Waals surface area contributed by atoms with Crippen molar-refractivity contribution in [2.24, 2.45) is 0 Å². The number of tetrazole rings is 1. The van der Waals surface area contributed by atoms with E-state index in [9.17, 15) is 23.4 Å². The number of nitrogens with zero attached hydrogens (tertiary/aromatic N) is 6. The molecule has 4 N–H and O–H groups in total. The zero-order chi connectivity index (χ0) is 47.6. The van der Waals surface area contributed by atoms with Crippen LogP contribution in [-0.2, 0) is 49.2 Å². The molecule has 2 heterocycles. The topological polar surface area (TPSA) is 246 Å². The zero-order valence-electron chi connectivity index (χ0n) is 37.6. The van der Waals surface area contributed by atoms with Gasteiger partial charge in [-0.1, -0.05) is 36.4 Å². The number of carbonyl (C=O) groups excluding carboxylic acids is 1. The highest BCUT2D eigenvalue weighted by atomic mass is 32.2. The van der Waals surface area contributed by atoms with Crippen LogP contribution in [0.5, 0.6) is 17.2 Å². The summed E-state index contributed by atoms with van der Waals surface area (Å²) in [6.45, 7) is 3.76. The molecule has 66 heavy (non-hydrogen) atoms. The molecule has 1 aliphatic heterocycles. The van der Waals surface area contributed by atoms with E-state index in [2.05, 4.69) is 25.4 Å². The van der Waals surface area contributed by atoms with Crippen molar-refractivity contribution in [1.82, 2.24) is 34.6 Å². The number of ether oxygens (including phenoxy) is 5. The van der Waals surface area contributed by atoms with Gasteiger partial charge in [-0.25, -0.2) is 26.4 Å². The van der Waals surface area contributed by atoms with E-state index in [-0.39, 0.29) is 63.0 Å². The first kappa shape index (κ1) is 49.6. The summed E-state index contributed by atoms with van der Waals surface area (Å²) >= 11 is 0. The number of morpholine rings is 1. The smallest absolute Gasteiger partial charge is 0.407 e. The van der Waals surface area contributed by atoms with Crippen LogP contribution in [0, 0.1) is 0 Å². The van der Waals surface area contributed by atoms with Crippen molar-refractivity contribution in [3.63, 3.8) is 0 Å². The van der Waals surface area contributed by atoms with E-state index in [0.29, 0.717) is 28.4 Å². The molecule has 1 saturated heterocycles. The minimum atomic E-state index is -4.96. The van der Waals surface area contributed by atoms with Crippen LogP contribution in [0.25, 0.3) is 11.4 Å². The molecule has 1 fully saturated rings. The molecule has 0 saturated carbocycles. The van der Waals surface area contributed by atoms with E-state index < -0.39 is 66.8 Å². The van der Waals surface area contributed by atoms with Crippen molar-refractivity contribution in [2.75, 3.05) is 65.6 Å². The molecule has 0 radical (unpaired) electrons. The molecule has 1 aliphatic rings. The highest BCUT2D eigenvalue weighted by Gasteiger charge is 2.39. The number of rotatable bonds is 20. The highest BCUT2D eigenvalue weighted by molar-refractivity contribution is 7.92. The molecule has 0 bridgehead atoms. The summed E-state index contributed by atoms with van der Waals surface area (Å²) in [4.78, 5) is 14.0. The summed E-state index contributed by atoms with van der Waals surface area (Å²) in [5, 5.41) is 36.7. The second-order valence-electron chi connectivity index (χ2n) is 16.3. The third kappa shape index (κ3) is 12.7. The van der Waals surface area contributed by atoms with Crippen LogP contribution >= 0.6 is 0 Å². The summed E-state index contributed by atoms with van der Waals surface area (Å²) in [5.41, 5.74) is 1.09. The fourth-order valence-electron chi connectivity index (χ4n) is 6.95. The first-order chi connectivity index (χ1) is 31.4. The van der Waals surface area contributed by atoms with E-state index in [1.165, 1.54) is 31.1 Å². The molecule has 356 valence electrons. The fraction of sp³-hybridized carbons (Fsp3) is 0.409. The van der Waals surface area contributed by atoms with Crippen molar-refractivity contribution in [1.29, 1.82) is 0 Å². The lowest BCUT2D eigenvalue weighted by atomic mass is 10.1. The highest BCUT2D eigenvalue weighted by Crippen LogP contribution is 2.41. The Hall–Kier alpha value is -5.88. The molecule has 0 spiro atoms. The Morgan fingerprint density at radius 3 is 1.94 bits per heavy atom. The first-order valence-corrected chi connectivity index (χ1v) is 23.8. The normalized spacial score (nSPS) is 15.0. The van der Waals surface area contributed by atoms with Gasteiger partial charge in [0, 0.05) is 45.0 Å². The lowest BCUT2D eigenvalue weighted by Gasteiger charge is -2.35. The number of amides is 1. The number of nitrogens with one attached hydrogen (secondary N) is 2. The van der Waals surface area contributed by atoms with Gasteiger partial charge in [0.1, 0.15) is 32.6 Å². The van der Waals surface area contributed by atoms with Crippen molar-refractivity contribution in [3.8, 4) is 28.6 Å². The molecule has 4 aromatic carbocycles. The number of aliphatic hydroxyl groups excluding tert-OH is 2. The number of hydrogen-bond donors (Lipinski definition) is 4. The Morgan fingerprint density at radius 2 is 1.41 bits per heavy atom. The van der Waals surface area contributed by atoms with E-state index >= 15 is 8.42 Å². The second-order valence-corrected chi connectivity index (χ2v) is 19.9. The zero-order valence-corrected chi connectivity index (χ0v) is 39.2. The monoisotopic (exact) mass is 952 g/mol. The molecule has 6 rings (SSSR count). The SMILES string of the molecule is COc1ccc(CN(Cc2ccc(OC)cc2)S(=O)(=O)c2c(S(=O)(=O)NC[C@H](O)CNC(=O)OC(C)(C)C)ccc(N3CCOC(CO)C3)c2-c2nnn(Cc3ccc(OC)cc3)n2)cc1. The molecule has 22 heteroatoms. The number of hydrogen-bond acceptors (Lipinski definition) is 16. The summed E-state index contributed by atoms with van der Waals surface area (Å²) in [5.74, 6) is 1.49. The van der Waals surface area contributed by atoms with Crippen molar-refractivity contribution in [3.05, 3.63) is 102 Å². The van der Waals surface area contributed by atoms with Crippen molar-refractivity contribution >= 4 is 31.8 Å². The Bertz CT molecular complexity index is 2580. The number of aromatic nitrogens is 4. The van der Waals surface area contributed by atoms with Gasteiger partial charge in [-0.05, 0) is 91.2 Å². The number of carbonyl (C=O) groups is 1. The molecule has 1 unspecified atom stereocenters. The summed E-state index contributed by atoms with van der Waals surface area (Å²) in [6.07, 6.45) is -2.95. The van der Waals surface area contributed by atoms with Gasteiger partial charge in [0.15, 0.2) is 0 Å². The van der Waals surface area contributed by atoms with Crippen LogP contribution in [0.15, 0.2) is 94.7 Å². The van der Waals surface area contributed by atoms with Gasteiger partial charge >= 0.3 is 6.09 Å². The maximum absolute atomic E-state index is 15.9. The van der Waals surface area contributed by atoms with Gasteiger partial charge in [0.25, 0.3) is 0 Å². The summed E-state index contributed by atoms with van der Waals surface area (Å²) < 4.78 is 91.6. The van der Waals surface area contributed by atoms with Crippen LogP contribution in [-0.4, -0.2) is 136 Å². The van der Waals surface area contributed by atoms with E-state index in [4.69, 9.17) is 23.7 Å². The summed E-state index contributed by atoms with van der Waals surface area (Å²) in [7, 11) is -5.24. The van der Waals surface area contributed by atoms with Crippen molar-refractivity contribution in [2.45, 2.75) is 68.0 Å². The maximum Gasteiger partial charge on any atom is 0.407 e. The first-order valence-electron chi connectivity index (χ1n) is 20.9. The van der Waals surface area contributed by atoms with Gasteiger partial charge < -0.3 is 44.1 Å². The van der Waals surface area contributed by atoms with Crippen LogP contribution in [0.2, 0.25) is 0 Å². The van der Waals surface area contributed by atoms with Gasteiger partial charge in [0.2, 0.25) is 25.9 Å². The Balaban J connectivity index is 1.53. The molecule has 1 amide bonds. The fourth-order valence-corrected chi connectivity index (χ4v) is 10.4. The van der Waals surface area contributed by atoms with Gasteiger partial charge in [-0.3, -0.25) is 0 Å². The number of anilines is 1. The number of methoxy groups -OCH3 is 3. The van der Waals surface area contributed by atoms with Crippen LogP contribution in [0.3, 0.4) is 0 Å². The molecule has 0 aliphatic carbocycles. The van der Waals surface area contributed by atoms with Gasteiger partial charge in [-0.2, -0.15) is 9.10 Å². The average Bonchev–Trinajstić information content (AvgIpc) is 3.77. The molecule has 20 nitrogen and oxygen atoms in total. The Morgan fingerprint density at radius 1 is 0.848 bits per heavy atom. The second kappa shape index (κ2) is 21.6. The maximum atomic E-state index is 15.9. The molecule has 1 aromatic heterocycles. The third-order valence-corrected chi connectivity index (χ3v) is 13.7. The predicted octanol–water partition coefficient (Wildman–Crippen LogP) is 3.17. The van der Waals surface area contributed by atoms with E-state index in [0.717, 1.165) is 9.87 Å². The van der Waals surface area contributed by atoms with E-state index in [1.54, 1.807) is 106 Å². The quantitative estimate of drug-likeness (QED) is 0.0875. The van der Waals surface area contributed by atoms with Gasteiger partial charge in [-0.15, -0.1) is 10.2 Å². The third-order valence-electron chi connectivity index (χ3n) is 10.3. The number of sulfonamides is 2. The van der Waals surface area contributed by atoms with Crippen LogP contribution in [0.1, 0.15) is 37.5 Å². The number of alkyl carbamates (subject to hydrolysis) is 1. The van der Waals surface area contributed by atoms with Gasteiger partial charge in [0.05, 0.1) is 58.9 Å². The van der Waals surface area contributed by atoms with Crippen molar-refractivity contribution < 1.29 is 55.5 Å². The number of benzene rings is 4. The standard InChI is InChI=1S/C44H56N8O12S2/c1-44(2,3)64-43(55)45-23-33(54)24-46-65(56,57)39-20-19-38(50-21-22-63-37(28-50)29-53)40(42-47-49-52(48-42)27-32-11-17-36(62-6)18-12-32)41(39)66(58,59)51(25-30-7-13-34(60-4)14-8-30)26-31-9-15-35(61-5)16-10-31/h7-20,33,37,46,53-54H,21-29H2,1-6H3,(H,45,55)/t33-,37?/m1/s1. The minimum Gasteiger partial charge on any atom is -0.497 e. The van der Waals surface area contributed by atoms with E-state index in [1.807, 2.05) is 0 Å². The van der Waals surface area contributed by atoms with Crippen LogP contribution in [0.4, 0.5) is 10.5 Å². The minimum absolute atomic E-state index is 0.103. The average molecular weight is 953 g/mol. The molecule has 5 aromatic rings. The molecular weight excluding hydrogens is 897 g/mol. The summed E-state index contributed by atoms with van der Waals surface area (Å²) in [6, 6.07) is 23.3. The lowest BCUT2D eigenvalue weighted by molar-refractivity contribution is 0.00358. The lowest BCUT2D eigenvalue weighted by Crippen LogP contribution is -2.44. The Kier molecular flexibility index (Phi) is 16.2. The molecular formula is C44H56N8O12S2. The predicted molar refractivity (Wildman–Crippen MR) is 242 cm³/mol. The number of aliphatic hydroxyl groups is 2. The molecule has 2 atom stereocenters. The largest absolute Gasteiger partial charge is 0.497 e.